The van der Waals surface area contributed by atoms with Crippen LogP contribution >= 0.6 is 0 Å². The summed E-state index contributed by atoms with van der Waals surface area (Å²) in [5.41, 5.74) is 2.73. The predicted molar refractivity (Wildman–Crippen MR) is 190 cm³/mol. The van der Waals surface area contributed by atoms with Gasteiger partial charge in [-0.1, -0.05) is 34.6 Å². The first kappa shape index (κ1) is 36.1. The molecule has 1 aromatic carbocycles. The second-order valence-corrected chi connectivity index (χ2v) is 20.1. The Morgan fingerprint density at radius 2 is 1.94 bits per heavy atom. The number of nitrogens with one attached hydrogen (secondary N) is 1. The first-order valence-corrected chi connectivity index (χ1v) is 19.3. The summed E-state index contributed by atoms with van der Waals surface area (Å²) >= 11 is 0. The van der Waals surface area contributed by atoms with Crippen molar-refractivity contribution in [1.29, 1.82) is 5.26 Å². The van der Waals surface area contributed by atoms with Crippen LogP contribution in [0.15, 0.2) is 36.8 Å². The Morgan fingerprint density at radius 3 is 2.57 bits per heavy atom. The summed E-state index contributed by atoms with van der Waals surface area (Å²) in [6.07, 6.45) is 5.93. The summed E-state index contributed by atoms with van der Waals surface area (Å²) in [4.78, 5) is 26.7. The van der Waals surface area contributed by atoms with Gasteiger partial charge in [0.05, 0.1) is 28.8 Å². The van der Waals surface area contributed by atoms with Crippen LogP contribution in [0.3, 0.4) is 0 Å². The lowest BCUT2D eigenvalue weighted by atomic mass is 9.83. The first-order chi connectivity index (χ1) is 21.9. The molecule has 0 bridgehead atoms. The zero-order chi connectivity index (χ0) is 34.8. The molecule has 0 fully saturated rings. The number of rotatable bonds is 11. The average Bonchev–Trinajstić information content (AvgIpc) is 3.56. The fourth-order valence-electron chi connectivity index (χ4n) is 5.20. The minimum absolute atomic E-state index is 0.0158. The Hall–Kier alpha value is -3.79. The maximum absolute atomic E-state index is 13.5. The number of carbonyl (C=O) groups is 1. The topological polar surface area (TPSA) is 121 Å². The van der Waals surface area contributed by atoms with E-state index in [1.807, 2.05) is 43.8 Å². The van der Waals surface area contributed by atoms with Crippen molar-refractivity contribution < 1.29 is 14.0 Å². The average molecular weight is 661 g/mol. The number of benzene rings is 1. The van der Waals surface area contributed by atoms with Crippen molar-refractivity contribution in [3.05, 3.63) is 47.9 Å². The summed E-state index contributed by atoms with van der Waals surface area (Å²) in [5.74, 6) is 0.422. The smallest absolute Gasteiger partial charge is 0.414 e. The van der Waals surface area contributed by atoms with E-state index < -0.39 is 25.4 Å². The van der Waals surface area contributed by atoms with Crippen LogP contribution in [0.2, 0.25) is 18.1 Å². The highest BCUT2D eigenvalue weighted by atomic mass is 28.4. The first-order valence-electron chi connectivity index (χ1n) is 16.4. The lowest BCUT2D eigenvalue weighted by Gasteiger charge is -2.39. The lowest BCUT2D eigenvalue weighted by Crippen LogP contribution is -2.46. The number of hydrogen-bond acceptors (Lipinski definition) is 9. The van der Waals surface area contributed by atoms with Crippen LogP contribution in [0.25, 0.3) is 11.3 Å². The van der Waals surface area contributed by atoms with E-state index in [2.05, 4.69) is 81.1 Å². The van der Waals surface area contributed by atoms with Gasteiger partial charge in [0.25, 0.3) is 0 Å². The highest BCUT2D eigenvalue weighted by Crippen LogP contribution is 2.47. The second-order valence-electron chi connectivity index (χ2n) is 15.3. The summed E-state index contributed by atoms with van der Waals surface area (Å²) in [6, 6.07) is 8.00. The monoisotopic (exact) mass is 660 g/mol. The molecular weight excluding hydrogens is 609 g/mol. The molecule has 1 unspecified atom stereocenters. The van der Waals surface area contributed by atoms with Crippen molar-refractivity contribution in [2.24, 2.45) is 0 Å². The van der Waals surface area contributed by atoms with Crippen molar-refractivity contribution in [1.82, 2.24) is 24.6 Å². The fraction of sp³-hybridized carbons (Fsp3) is 0.571. The van der Waals surface area contributed by atoms with Crippen molar-refractivity contribution in [3.8, 4) is 17.3 Å². The largest absolute Gasteiger partial charge is 0.443 e. The molecule has 0 aliphatic carbocycles. The molecule has 3 heterocycles. The summed E-state index contributed by atoms with van der Waals surface area (Å²) in [7, 11) is -0.0100. The van der Waals surface area contributed by atoms with Crippen LogP contribution in [0, 0.1) is 11.3 Å². The molecular formula is C35H52N8O3Si. The Balaban J connectivity index is 1.67. The van der Waals surface area contributed by atoms with E-state index >= 15 is 0 Å². The quantitative estimate of drug-likeness (QED) is 0.211. The fourth-order valence-corrected chi connectivity index (χ4v) is 6.32. The van der Waals surface area contributed by atoms with Gasteiger partial charge in [0, 0.05) is 43.1 Å². The van der Waals surface area contributed by atoms with E-state index in [0.717, 1.165) is 42.9 Å². The SMILES string of the molecule is CCN(C)CCCn1cc(Nc2nccc(-c3cc(C#N)c4c(c3)C(C)(CO[Si](C)(C)C(C)(C)C)CN4C(=O)OC(C)(C)C)n2)cn1. The van der Waals surface area contributed by atoms with E-state index in [0.29, 0.717) is 36.0 Å². The molecule has 3 aromatic rings. The lowest BCUT2D eigenvalue weighted by molar-refractivity contribution is 0.0575. The zero-order valence-corrected chi connectivity index (χ0v) is 31.1. The third-order valence-electron chi connectivity index (χ3n) is 9.14. The number of anilines is 3. The van der Waals surface area contributed by atoms with Gasteiger partial charge in [-0.2, -0.15) is 10.4 Å². The Kier molecular flexibility index (Phi) is 10.5. The maximum Gasteiger partial charge on any atom is 0.414 e. The van der Waals surface area contributed by atoms with Crippen LogP contribution < -0.4 is 10.2 Å². The van der Waals surface area contributed by atoms with Crippen molar-refractivity contribution in [2.75, 3.05) is 43.5 Å². The van der Waals surface area contributed by atoms with Gasteiger partial charge < -0.3 is 19.4 Å². The molecule has 12 heteroatoms. The van der Waals surface area contributed by atoms with Crippen LogP contribution in [0.5, 0.6) is 0 Å². The van der Waals surface area contributed by atoms with Crippen molar-refractivity contribution in [3.63, 3.8) is 0 Å². The summed E-state index contributed by atoms with van der Waals surface area (Å²) < 4.78 is 14.5. The molecule has 0 saturated carbocycles. The van der Waals surface area contributed by atoms with Gasteiger partial charge in [-0.3, -0.25) is 9.58 Å². The highest BCUT2D eigenvalue weighted by molar-refractivity contribution is 6.74. The molecule has 1 N–H and O–H groups in total. The van der Waals surface area contributed by atoms with Crippen LogP contribution in [0.1, 0.15) is 72.9 Å². The normalized spacial score (nSPS) is 16.7. The number of nitriles is 1. The van der Waals surface area contributed by atoms with Gasteiger partial charge in [-0.25, -0.2) is 14.8 Å². The number of nitrogens with zero attached hydrogens (tertiary/aromatic N) is 7. The third-order valence-corrected chi connectivity index (χ3v) is 13.6. The summed E-state index contributed by atoms with van der Waals surface area (Å²) in [5, 5.41) is 18.2. The standard InChI is InChI=1S/C35H52N8O3Si/c1-12-41(9)16-13-17-42-22-27(21-38-42)39-31-37-15-14-29(40-31)25-18-26(20-36)30-28(19-25)35(8,24-45-47(10,11)34(5,6)7)23-43(30)32(44)46-33(2,3)4/h14-15,18-19,21-22H,12-13,16-17,23-24H2,1-11H3,(H,37,39,40). The molecule has 4 rings (SSSR count). The third kappa shape index (κ3) is 8.57. The molecule has 47 heavy (non-hydrogen) atoms. The molecule has 0 saturated heterocycles. The Labute approximate surface area is 281 Å². The second kappa shape index (κ2) is 13.7. The predicted octanol–water partition coefficient (Wildman–Crippen LogP) is 7.33. The molecule has 1 aliphatic heterocycles. The minimum Gasteiger partial charge on any atom is -0.443 e. The van der Waals surface area contributed by atoms with Crippen LogP contribution in [0.4, 0.5) is 22.1 Å². The van der Waals surface area contributed by atoms with Gasteiger partial charge in [-0.05, 0) is 89.2 Å². The maximum atomic E-state index is 13.5. The van der Waals surface area contributed by atoms with Gasteiger partial charge in [0.15, 0.2) is 8.32 Å². The Morgan fingerprint density at radius 1 is 1.21 bits per heavy atom. The van der Waals surface area contributed by atoms with Gasteiger partial charge in [-0.15, -0.1) is 0 Å². The molecule has 254 valence electrons. The van der Waals surface area contributed by atoms with Crippen LogP contribution in [-0.2, 0) is 21.1 Å². The van der Waals surface area contributed by atoms with E-state index in [4.69, 9.17) is 14.1 Å². The molecule has 1 aliphatic rings. The highest BCUT2D eigenvalue weighted by Gasteiger charge is 2.47. The van der Waals surface area contributed by atoms with Gasteiger partial charge in [0.2, 0.25) is 5.95 Å². The number of ether oxygens (including phenoxy) is 1. The number of carbonyl (C=O) groups excluding carboxylic acids is 1. The molecule has 0 radical (unpaired) electrons. The molecule has 1 amide bonds. The van der Waals surface area contributed by atoms with E-state index in [-0.39, 0.29) is 5.04 Å². The molecule has 0 spiro atoms. The van der Waals surface area contributed by atoms with Gasteiger partial charge in [0.1, 0.15) is 11.7 Å². The number of aryl methyl sites for hydroxylation is 1. The van der Waals surface area contributed by atoms with Crippen molar-refractivity contribution in [2.45, 2.75) is 97.5 Å². The van der Waals surface area contributed by atoms with E-state index in [9.17, 15) is 10.1 Å². The van der Waals surface area contributed by atoms with Gasteiger partial charge >= 0.3 is 6.09 Å². The number of amides is 1. The minimum atomic E-state index is -2.12. The molecule has 1 atom stereocenters. The van der Waals surface area contributed by atoms with Crippen LogP contribution in [-0.4, -0.2) is 77.9 Å². The van der Waals surface area contributed by atoms with E-state index in [1.54, 1.807) is 23.4 Å². The number of fused-ring (bicyclic) bond motifs is 1. The number of aromatic nitrogens is 4. The summed E-state index contributed by atoms with van der Waals surface area (Å²) in [6.45, 7) is 24.4. The van der Waals surface area contributed by atoms with Crippen molar-refractivity contribution >= 4 is 31.7 Å². The van der Waals surface area contributed by atoms with E-state index in [1.165, 1.54) is 0 Å². The Bertz CT molecular complexity index is 1620. The number of hydrogen-bond donors (Lipinski definition) is 1. The molecule has 11 nitrogen and oxygen atoms in total. The molecule has 2 aromatic heterocycles. The zero-order valence-electron chi connectivity index (χ0n) is 30.1.